The Morgan fingerprint density at radius 2 is 2.17 bits per heavy atom. The predicted octanol–water partition coefficient (Wildman–Crippen LogP) is 5.35. The van der Waals surface area contributed by atoms with Gasteiger partial charge in [-0.2, -0.15) is 0 Å². The first-order chi connectivity index (χ1) is 8.70. The summed E-state index contributed by atoms with van der Waals surface area (Å²) in [5, 5.41) is 3.48. The van der Waals surface area contributed by atoms with Crippen LogP contribution in [0.25, 0.3) is 0 Å². The van der Waals surface area contributed by atoms with Crippen LogP contribution in [0.1, 0.15) is 55.6 Å². The Kier molecular flexibility index (Phi) is 6.05. The van der Waals surface area contributed by atoms with Crippen molar-refractivity contribution in [3.8, 4) is 0 Å². The van der Waals surface area contributed by atoms with Crippen molar-refractivity contribution in [2.45, 2.75) is 62.0 Å². The van der Waals surface area contributed by atoms with E-state index < -0.39 is 0 Å². The van der Waals surface area contributed by atoms with Crippen LogP contribution in [0, 0.1) is 0 Å². The summed E-state index contributed by atoms with van der Waals surface area (Å²) in [4.78, 5) is 1.44. The number of thiophene rings is 1. The summed E-state index contributed by atoms with van der Waals surface area (Å²) in [6, 6.07) is 2.53. The van der Waals surface area contributed by atoms with Crippen molar-refractivity contribution in [1.82, 2.24) is 0 Å². The minimum atomic E-state index is 0.280. The Balaban J connectivity index is 2.04. The molecule has 0 bridgehead atoms. The van der Waals surface area contributed by atoms with E-state index in [9.17, 15) is 0 Å². The van der Waals surface area contributed by atoms with E-state index in [1.54, 1.807) is 0 Å². The molecule has 1 aromatic rings. The molecule has 2 atom stereocenters. The fourth-order valence-electron chi connectivity index (χ4n) is 2.48. The first-order valence-electron chi connectivity index (χ1n) is 6.85. The monoisotopic (exact) mass is 347 g/mol. The van der Waals surface area contributed by atoms with E-state index in [0.717, 1.165) is 11.7 Å². The van der Waals surface area contributed by atoms with E-state index in [2.05, 4.69) is 46.1 Å². The molecule has 0 aliphatic heterocycles. The molecule has 1 nitrogen and oxygen atoms in total. The van der Waals surface area contributed by atoms with Crippen LogP contribution in [0.3, 0.4) is 0 Å². The maximum atomic E-state index is 6.35. The van der Waals surface area contributed by atoms with Crippen molar-refractivity contribution in [2.75, 3.05) is 0 Å². The molecule has 4 heteroatoms. The second-order valence-electron chi connectivity index (χ2n) is 5.06. The summed E-state index contributed by atoms with van der Waals surface area (Å²) in [6.45, 7) is 2.20. The average Bonchev–Trinajstić information content (AvgIpc) is 2.83. The zero-order chi connectivity index (χ0) is 13.0. The molecule has 1 aromatic heterocycles. The molecule has 2 N–H and O–H groups in total. The van der Waals surface area contributed by atoms with Gasteiger partial charge in [0.05, 0.1) is 5.25 Å². The van der Waals surface area contributed by atoms with Crippen molar-refractivity contribution < 1.29 is 0 Å². The van der Waals surface area contributed by atoms with Crippen LogP contribution in [0.4, 0.5) is 0 Å². The molecule has 1 heterocycles. The van der Waals surface area contributed by atoms with Crippen LogP contribution < -0.4 is 5.73 Å². The van der Waals surface area contributed by atoms with E-state index >= 15 is 0 Å². The quantitative estimate of drug-likeness (QED) is 0.776. The van der Waals surface area contributed by atoms with Crippen LogP contribution in [0.15, 0.2) is 15.9 Å². The average molecular weight is 348 g/mol. The second-order valence-corrected chi connectivity index (χ2v) is 8.36. The number of nitrogens with two attached hydrogens (primary N) is 1. The number of halogens is 1. The van der Waals surface area contributed by atoms with Crippen molar-refractivity contribution >= 4 is 39.0 Å². The number of rotatable bonds is 5. The summed E-state index contributed by atoms with van der Waals surface area (Å²) in [6.07, 6.45) is 8.04. The molecule has 0 saturated heterocycles. The summed E-state index contributed by atoms with van der Waals surface area (Å²) >= 11 is 7.53. The van der Waals surface area contributed by atoms with E-state index in [-0.39, 0.29) is 6.04 Å². The molecule has 2 unspecified atom stereocenters. The predicted molar refractivity (Wildman–Crippen MR) is 87.5 cm³/mol. The fourth-order valence-corrected chi connectivity index (χ4v) is 5.93. The summed E-state index contributed by atoms with van der Waals surface area (Å²) in [7, 11) is 0. The Morgan fingerprint density at radius 3 is 2.72 bits per heavy atom. The van der Waals surface area contributed by atoms with Gasteiger partial charge in [0.1, 0.15) is 0 Å². The lowest BCUT2D eigenvalue weighted by Crippen LogP contribution is -2.27. The van der Waals surface area contributed by atoms with Gasteiger partial charge in [0.2, 0.25) is 0 Å². The van der Waals surface area contributed by atoms with Gasteiger partial charge in [-0.05, 0) is 41.3 Å². The highest BCUT2D eigenvalue weighted by Crippen LogP contribution is 2.43. The van der Waals surface area contributed by atoms with Crippen molar-refractivity contribution in [3.05, 3.63) is 20.8 Å². The molecule has 1 aliphatic rings. The Morgan fingerprint density at radius 1 is 1.44 bits per heavy atom. The summed E-state index contributed by atoms with van der Waals surface area (Å²) in [5.41, 5.74) is 6.35. The smallest absolute Gasteiger partial charge is 0.0545 e. The van der Waals surface area contributed by atoms with Gasteiger partial charge in [-0.15, -0.1) is 23.1 Å². The van der Waals surface area contributed by atoms with Gasteiger partial charge < -0.3 is 5.73 Å². The molecule has 1 aliphatic carbocycles. The Bertz CT molecular complexity index is 360. The number of hydrogen-bond acceptors (Lipinski definition) is 3. The Hall–Kier alpha value is 0.490. The molecule has 102 valence electrons. The maximum absolute atomic E-state index is 6.35. The first-order valence-corrected chi connectivity index (χ1v) is 9.47. The highest BCUT2D eigenvalue weighted by molar-refractivity contribution is 9.10. The molecule has 1 saturated carbocycles. The van der Waals surface area contributed by atoms with Gasteiger partial charge in [-0.1, -0.05) is 26.2 Å². The van der Waals surface area contributed by atoms with Gasteiger partial charge in [0.15, 0.2) is 0 Å². The summed E-state index contributed by atoms with van der Waals surface area (Å²) < 4.78 is 1.19. The minimum Gasteiger partial charge on any atom is -0.326 e. The number of hydrogen-bond donors (Lipinski definition) is 1. The van der Waals surface area contributed by atoms with Gasteiger partial charge in [-0.25, -0.2) is 0 Å². The van der Waals surface area contributed by atoms with Crippen LogP contribution in [-0.2, 0) is 0 Å². The normalized spacial score (nSPS) is 20.8. The molecule has 0 spiro atoms. The highest BCUT2D eigenvalue weighted by Gasteiger charge is 2.25. The molecular formula is C14H22BrNS2. The minimum absolute atomic E-state index is 0.280. The van der Waals surface area contributed by atoms with Crippen molar-refractivity contribution in [3.63, 3.8) is 0 Å². The molecule has 0 radical (unpaired) electrons. The molecular weight excluding hydrogens is 326 g/mol. The number of thioether (sulfide) groups is 1. The maximum Gasteiger partial charge on any atom is 0.0545 e. The van der Waals surface area contributed by atoms with Gasteiger partial charge in [-0.3, -0.25) is 0 Å². The van der Waals surface area contributed by atoms with E-state index in [4.69, 9.17) is 5.73 Å². The van der Waals surface area contributed by atoms with Gasteiger partial charge >= 0.3 is 0 Å². The van der Waals surface area contributed by atoms with Crippen LogP contribution in [0.2, 0.25) is 0 Å². The van der Waals surface area contributed by atoms with Crippen LogP contribution >= 0.6 is 39.0 Å². The topological polar surface area (TPSA) is 26.0 Å². The first kappa shape index (κ1) is 14.9. The van der Waals surface area contributed by atoms with Gasteiger partial charge in [0, 0.05) is 26.0 Å². The van der Waals surface area contributed by atoms with Crippen LogP contribution in [-0.4, -0.2) is 11.3 Å². The largest absolute Gasteiger partial charge is 0.326 e. The zero-order valence-corrected chi connectivity index (χ0v) is 14.1. The molecule has 0 aromatic carbocycles. The summed E-state index contributed by atoms with van der Waals surface area (Å²) in [5.74, 6) is 0. The third kappa shape index (κ3) is 3.99. The second kappa shape index (κ2) is 7.32. The van der Waals surface area contributed by atoms with Crippen molar-refractivity contribution in [2.24, 2.45) is 5.73 Å². The van der Waals surface area contributed by atoms with E-state index in [1.165, 1.54) is 41.5 Å². The molecule has 2 rings (SSSR count). The standard InChI is InChI=1S/C14H22BrNS2/c1-2-12(16)14(13-8-10(15)9-17-13)18-11-6-4-3-5-7-11/h8-9,11-12,14H,2-7,16H2,1H3. The molecule has 0 amide bonds. The molecule has 18 heavy (non-hydrogen) atoms. The highest BCUT2D eigenvalue weighted by atomic mass is 79.9. The lowest BCUT2D eigenvalue weighted by molar-refractivity contribution is 0.512. The lowest BCUT2D eigenvalue weighted by atomic mass is 10.0. The SMILES string of the molecule is CCC(N)C(SC1CCCCC1)c1cc(Br)cs1. The fraction of sp³-hybridized carbons (Fsp3) is 0.714. The molecule has 1 fully saturated rings. The Labute approximate surface area is 127 Å². The van der Waals surface area contributed by atoms with E-state index in [0.29, 0.717) is 5.25 Å². The third-order valence-electron chi connectivity index (χ3n) is 3.62. The lowest BCUT2D eigenvalue weighted by Gasteiger charge is -2.28. The third-order valence-corrected chi connectivity index (χ3v) is 7.30. The van der Waals surface area contributed by atoms with Crippen molar-refractivity contribution in [1.29, 1.82) is 0 Å². The van der Waals surface area contributed by atoms with E-state index in [1.807, 2.05) is 11.3 Å². The zero-order valence-electron chi connectivity index (χ0n) is 10.9. The van der Waals surface area contributed by atoms with Gasteiger partial charge in [0.25, 0.3) is 0 Å². The van der Waals surface area contributed by atoms with Crippen LogP contribution in [0.5, 0.6) is 0 Å².